The van der Waals surface area contributed by atoms with Crippen LogP contribution in [-0.4, -0.2) is 52.6 Å². The molecule has 1 fully saturated rings. The highest BCUT2D eigenvalue weighted by molar-refractivity contribution is 5.80. The van der Waals surface area contributed by atoms with Crippen LogP contribution in [0.4, 0.5) is 0 Å². The van der Waals surface area contributed by atoms with E-state index in [9.17, 15) is 9.90 Å². The number of hydrogen-bond acceptors (Lipinski definition) is 3. The minimum atomic E-state index is -0.621. The first-order valence-corrected chi connectivity index (χ1v) is 6.96. The van der Waals surface area contributed by atoms with Crippen LogP contribution in [0.2, 0.25) is 0 Å². The molecule has 0 bridgehead atoms. The van der Waals surface area contributed by atoms with Crippen LogP contribution in [0.25, 0.3) is 0 Å². The fourth-order valence-corrected chi connectivity index (χ4v) is 2.89. The minimum absolute atomic E-state index is 0.170. The van der Waals surface area contributed by atoms with E-state index in [1.807, 2.05) is 18.7 Å². The van der Waals surface area contributed by atoms with Crippen LogP contribution in [0.5, 0.6) is 0 Å². The first-order valence-electron chi connectivity index (χ1n) is 6.96. The lowest BCUT2D eigenvalue weighted by Gasteiger charge is -2.25. The molecule has 4 nitrogen and oxygen atoms in total. The quantitative estimate of drug-likeness (QED) is 0.821. The van der Waals surface area contributed by atoms with E-state index in [2.05, 4.69) is 11.0 Å². The van der Waals surface area contributed by atoms with Gasteiger partial charge in [-0.2, -0.15) is 0 Å². The van der Waals surface area contributed by atoms with E-state index in [1.54, 1.807) is 0 Å². The average Bonchev–Trinajstić information content (AvgIpc) is 2.90. The predicted octanol–water partition coefficient (Wildman–Crippen LogP) is 1.36. The SMILES string of the molecule is CCN(C(=O)CN1CCC(C)(O)C1)C1=CCCC1. The van der Waals surface area contributed by atoms with E-state index in [0.717, 1.165) is 38.8 Å². The van der Waals surface area contributed by atoms with Gasteiger partial charge in [0.05, 0.1) is 12.1 Å². The second-order valence-electron chi connectivity index (χ2n) is 5.68. The Balaban J connectivity index is 1.90. The van der Waals surface area contributed by atoms with Crippen molar-refractivity contribution >= 4 is 5.91 Å². The van der Waals surface area contributed by atoms with Crippen LogP contribution in [0, 0.1) is 0 Å². The Hall–Kier alpha value is -0.870. The molecule has 2 aliphatic rings. The molecule has 0 aromatic rings. The maximum absolute atomic E-state index is 12.3. The predicted molar refractivity (Wildman–Crippen MR) is 71.0 cm³/mol. The molecule has 1 atom stereocenters. The lowest BCUT2D eigenvalue weighted by molar-refractivity contribution is -0.130. The molecule has 1 amide bonds. The molecule has 0 radical (unpaired) electrons. The van der Waals surface area contributed by atoms with E-state index in [-0.39, 0.29) is 5.91 Å². The number of likely N-dealkylation sites (N-methyl/N-ethyl adjacent to an activating group) is 1. The molecule has 102 valence electrons. The number of hydrogen-bond donors (Lipinski definition) is 1. The summed E-state index contributed by atoms with van der Waals surface area (Å²) in [6.45, 7) is 6.46. The topological polar surface area (TPSA) is 43.8 Å². The first-order chi connectivity index (χ1) is 8.52. The van der Waals surface area contributed by atoms with Crippen molar-refractivity contribution in [2.75, 3.05) is 26.2 Å². The zero-order valence-electron chi connectivity index (χ0n) is 11.5. The number of amides is 1. The molecule has 2 rings (SSSR count). The molecule has 0 saturated carbocycles. The number of aliphatic hydroxyl groups is 1. The van der Waals surface area contributed by atoms with Crippen molar-refractivity contribution in [2.24, 2.45) is 0 Å². The molecule has 4 heteroatoms. The summed E-state index contributed by atoms with van der Waals surface area (Å²) in [5, 5.41) is 9.91. The zero-order chi connectivity index (χ0) is 13.2. The van der Waals surface area contributed by atoms with Crippen LogP contribution >= 0.6 is 0 Å². The maximum Gasteiger partial charge on any atom is 0.240 e. The maximum atomic E-state index is 12.3. The summed E-state index contributed by atoms with van der Waals surface area (Å²) >= 11 is 0. The van der Waals surface area contributed by atoms with E-state index < -0.39 is 5.60 Å². The Morgan fingerprint density at radius 1 is 1.61 bits per heavy atom. The van der Waals surface area contributed by atoms with Crippen molar-refractivity contribution in [2.45, 2.75) is 45.1 Å². The number of allylic oxidation sites excluding steroid dienone is 2. The van der Waals surface area contributed by atoms with Gasteiger partial charge >= 0.3 is 0 Å². The van der Waals surface area contributed by atoms with Gasteiger partial charge in [-0.05, 0) is 39.5 Å². The third-order valence-corrected chi connectivity index (χ3v) is 3.87. The number of carbonyl (C=O) groups is 1. The molecule has 0 aromatic heterocycles. The normalized spacial score (nSPS) is 28.5. The van der Waals surface area contributed by atoms with Gasteiger partial charge < -0.3 is 10.0 Å². The van der Waals surface area contributed by atoms with E-state index >= 15 is 0 Å². The van der Waals surface area contributed by atoms with Crippen LogP contribution in [0.1, 0.15) is 39.5 Å². The Morgan fingerprint density at radius 2 is 2.39 bits per heavy atom. The van der Waals surface area contributed by atoms with Crippen molar-refractivity contribution < 1.29 is 9.90 Å². The number of rotatable bonds is 4. The van der Waals surface area contributed by atoms with Crippen LogP contribution in [-0.2, 0) is 4.79 Å². The average molecular weight is 252 g/mol. The second-order valence-corrected chi connectivity index (χ2v) is 5.68. The number of carbonyl (C=O) groups excluding carboxylic acids is 1. The van der Waals surface area contributed by atoms with Crippen molar-refractivity contribution in [3.8, 4) is 0 Å². The summed E-state index contributed by atoms with van der Waals surface area (Å²) < 4.78 is 0. The van der Waals surface area contributed by atoms with Gasteiger partial charge in [-0.15, -0.1) is 0 Å². The molecule has 0 spiro atoms. The molecule has 1 saturated heterocycles. The highest BCUT2D eigenvalue weighted by Gasteiger charge is 2.33. The largest absolute Gasteiger partial charge is 0.389 e. The molecule has 1 aliphatic heterocycles. The van der Waals surface area contributed by atoms with Gasteiger partial charge in [0, 0.05) is 25.3 Å². The second kappa shape index (κ2) is 5.41. The monoisotopic (exact) mass is 252 g/mol. The third kappa shape index (κ3) is 3.12. The van der Waals surface area contributed by atoms with Gasteiger partial charge in [-0.1, -0.05) is 6.08 Å². The molecule has 0 aromatic carbocycles. The summed E-state index contributed by atoms with van der Waals surface area (Å²) in [6.07, 6.45) is 6.23. The lowest BCUT2D eigenvalue weighted by Crippen LogP contribution is -2.40. The fourth-order valence-electron chi connectivity index (χ4n) is 2.89. The Morgan fingerprint density at radius 3 is 2.89 bits per heavy atom. The first kappa shape index (κ1) is 13.6. The van der Waals surface area contributed by atoms with Crippen LogP contribution < -0.4 is 0 Å². The van der Waals surface area contributed by atoms with Gasteiger partial charge in [0.2, 0.25) is 5.91 Å². The van der Waals surface area contributed by atoms with Gasteiger partial charge in [0.15, 0.2) is 0 Å². The van der Waals surface area contributed by atoms with Gasteiger partial charge in [0.1, 0.15) is 0 Å². The molecule has 18 heavy (non-hydrogen) atoms. The zero-order valence-corrected chi connectivity index (χ0v) is 11.5. The molecule has 1 N–H and O–H groups in total. The summed E-state index contributed by atoms with van der Waals surface area (Å²) in [4.78, 5) is 16.2. The van der Waals surface area contributed by atoms with Crippen molar-refractivity contribution in [1.82, 2.24) is 9.80 Å². The fraction of sp³-hybridized carbons (Fsp3) is 0.786. The molecule has 1 heterocycles. The van der Waals surface area contributed by atoms with Gasteiger partial charge in [-0.25, -0.2) is 0 Å². The van der Waals surface area contributed by atoms with E-state index in [0.29, 0.717) is 13.1 Å². The molecule has 1 unspecified atom stereocenters. The summed E-state index contributed by atoms with van der Waals surface area (Å²) in [5.41, 5.74) is 0.567. The molecule has 1 aliphatic carbocycles. The summed E-state index contributed by atoms with van der Waals surface area (Å²) in [7, 11) is 0. The highest BCUT2D eigenvalue weighted by Crippen LogP contribution is 2.23. The standard InChI is InChI=1S/C14H24N2O2/c1-3-16(12-6-4-5-7-12)13(17)10-15-9-8-14(2,18)11-15/h6,18H,3-5,7-11H2,1-2H3. The lowest BCUT2D eigenvalue weighted by atomic mass is 10.1. The number of likely N-dealkylation sites (tertiary alicyclic amines) is 1. The van der Waals surface area contributed by atoms with Crippen molar-refractivity contribution in [1.29, 1.82) is 0 Å². The Bertz CT molecular complexity index is 350. The molecular weight excluding hydrogens is 228 g/mol. The Labute approximate surface area is 109 Å². The molecular formula is C14H24N2O2. The summed E-state index contributed by atoms with van der Waals surface area (Å²) in [6, 6.07) is 0. The number of nitrogens with zero attached hydrogens (tertiary/aromatic N) is 2. The smallest absolute Gasteiger partial charge is 0.240 e. The van der Waals surface area contributed by atoms with Crippen LogP contribution in [0.15, 0.2) is 11.8 Å². The van der Waals surface area contributed by atoms with E-state index in [1.165, 1.54) is 5.70 Å². The van der Waals surface area contributed by atoms with Crippen molar-refractivity contribution in [3.05, 3.63) is 11.8 Å². The van der Waals surface area contributed by atoms with Crippen molar-refractivity contribution in [3.63, 3.8) is 0 Å². The van der Waals surface area contributed by atoms with E-state index in [4.69, 9.17) is 0 Å². The van der Waals surface area contributed by atoms with Crippen LogP contribution in [0.3, 0.4) is 0 Å². The van der Waals surface area contributed by atoms with Gasteiger partial charge in [-0.3, -0.25) is 9.69 Å². The highest BCUT2D eigenvalue weighted by atomic mass is 16.3. The minimum Gasteiger partial charge on any atom is -0.389 e. The third-order valence-electron chi connectivity index (χ3n) is 3.87. The number of β-amino-alcohol motifs (C(OH)–C–C–N with tert-alkyl or cyclic N) is 1. The van der Waals surface area contributed by atoms with Gasteiger partial charge in [0.25, 0.3) is 0 Å². The Kier molecular flexibility index (Phi) is 4.07. The summed E-state index contributed by atoms with van der Waals surface area (Å²) in [5.74, 6) is 0.170.